The maximum Gasteiger partial charge on any atom is 0.0406 e. The molecule has 0 bridgehead atoms. The van der Waals surface area contributed by atoms with Crippen molar-refractivity contribution >= 4 is 23.4 Å². The number of thioether (sulfide) groups is 1. The lowest BCUT2D eigenvalue weighted by Crippen LogP contribution is -2.29. The topological polar surface area (TPSA) is 12.0 Å². The van der Waals surface area contributed by atoms with Crippen LogP contribution >= 0.6 is 23.4 Å². The van der Waals surface area contributed by atoms with E-state index in [0.717, 1.165) is 10.8 Å². The number of rotatable bonds is 6. The van der Waals surface area contributed by atoms with Gasteiger partial charge >= 0.3 is 0 Å². The van der Waals surface area contributed by atoms with E-state index in [9.17, 15) is 0 Å². The van der Waals surface area contributed by atoms with Crippen molar-refractivity contribution in [2.45, 2.75) is 44.6 Å². The van der Waals surface area contributed by atoms with Gasteiger partial charge in [0.1, 0.15) is 0 Å². The van der Waals surface area contributed by atoms with Crippen LogP contribution in [0.2, 0.25) is 5.02 Å². The average molecular weight is 286 g/mol. The molecule has 1 N–H and O–H groups in total. The van der Waals surface area contributed by atoms with Crippen LogP contribution < -0.4 is 5.32 Å². The van der Waals surface area contributed by atoms with Gasteiger partial charge in [-0.2, -0.15) is 0 Å². The molecular formula is C15H24ClNS. The van der Waals surface area contributed by atoms with E-state index in [0.29, 0.717) is 11.5 Å². The molecule has 0 spiro atoms. The SMILES string of the molecule is CNC(CCC(C)(C)C)CSc1ccc(Cl)cc1. The van der Waals surface area contributed by atoms with E-state index in [1.165, 1.54) is 17.7 Å². The summed E-state index contributed by atoms with van der Waals surface area (Å²) in [6, 6.07) is 8.65. The van der Waals surface area contributed by atoms with Crippen LogP contribution in [-0.4, -0.2) is 18.8 Å². The van der Waals surface area contributed by atoms with Gasteiger partial charge in [0.25, 0.3) is 0 Å². The zero-order valence-corrected chi connectivity index (χ0v) is 13.4. The van der Waals surface area contributed by atoms with Gasteiger partial charge in [-0.25, -0.2) is 0 Å². The maximum atomic E-state index is 5.88. The van der Waals surface area contributed by atoms with Crippen molar-refractivity contribution in [3.05, 3.63) is 29.3 Å². The van der Waals surface area contributed by atoms with Gasteiger partial charge in [0.2, 0.25) is 0 Å². The molecule has 1 unspecified atom stereocenters. The molecule has 0 radical (unpaired) electrons. The van der Waals surface area contributed by atoms with Crippen LogP contribution in [0.4, 0.5) is 0 Å². The highest BCUT2D eigenvalue weighted by Gasteiger charge is 2.14. The summed E-state index contributed by atoms with van der Waals surface area (Å²) in [4.78, 5) is 1.29. The number of benzene rings is 1. The molecule has 102 valence electrons. The Labute approximate surface area is 121 Å². The molecule has 0 fully saturated rings. The Bertz CT molecular complexity index is 343. The number of hydrogen-bond acceptors (Lipinski definition) is 2. The van der Waals surface area contributed by atoms with E-state index in [1.54, 1.807) is 0 Å². The Kier molecular flexibility index (Phi) is 6.54. The normalized spacial score (nSPS) is 13.6. The molecule has 0 saturated carbocycles. The summed E-state index contributed by atoms with van der Waals surface area (Å²) in [6.45, 7) is 6.89. The lowest BCUT2D eigenvalue weighted by Gasteiger charge is -2.22. The van der Waals surface area contributed by atoms with Crippen molar-refractivity contribution in [3.63, 3.8) is 0 Å². The zero-order valence-electron chi connectivity index (χ0n) is 11.8. The quantitative estimate of drug-likeness (QED) is 0.750. The summed E-state index contributed by atoms with van der Waals surface area (Å²) in [6.07, 6.45) is 2.47. The summed E-state index contributed by atoms with van der Waals surface area (Å²) in [7, 11) is 2.05. The van der Waals surface area contributed by atoms with Crippen LogP contribution in [0.3, 0.4) is 0 Å². The maximum absolute atomic E-state index is 5.88. The number of nitrogens with one attached hydrogen (secondary N) is 1. The summed E-state index contributed by atoms with van der Waals surface area (Å²) >= 11 is 7.77. The van der Waals surface area contributed by atoms with Gasteiger partial charge in [0, 0.05) is 21.7 Å². The fourth-order valence-electron chi connectivity index (χ4n) is 1.65. The Hall–Kier alpha value is -0.180. The third kappa shape index (κ3) is 6.67. The molecule has 0 aliphatic heterocycles. The summed E-state index contributed by atoms with van der Waals surface area (Å²) < 4.78 is 0. The second kappa shape index (κ2) is 7.42. The van der Waals surface area contributed by atoms with Gasteiger partial charge < -0.3 is 5.32 Å². The molecule has 0 amide bonds. The van der Waals surface area contributed by atoms with Gasteiger partial charge in [0.15, 0.2) is 0 Å². The largest absolute Gasteiger partial charge is 0.316 e. The van der Waals surface area contributed by atoms with E-state index < -0.39 is 0 Å². The molecule has 1 atom stereocenters. The summed E-state index contributed by atoms with van der Waals surface area (Å²) in [5.41, 5.74) is 0.417. The third-order valence-electron chi connectivity index (χ3n) is 2.92. The molecule has 3 heteroatoms. The van der Waals surface area contributed by atoms with E-state index in [2.05, 4.69) is 45.3 Å². The second-order valence-corrected chi connectivity index (χ2v) is 7.38. The minimum atomic E-state index is 0.417. The fourth-order valence-corrected chi connectivity index (χ4v) is 2.83. The predicted molar refractivity (Wildman–Crippen MR) is 83.7 cm³/mol. The first-order valence-electron chi connectivity index (χ1n) is 6.46. The van der Waals surface area contributed by atoms with Gasteiger partial charge in [0.05, 0.1) is 0 Å². The van der Waals surface area contributed by atoms with Crippen molar-refractivity contribution in [1.82, 2.24) is 5.32 Å². The van der Waals surface area contributed by atoms with Gasteiger partial charge in [-0.05, 0) is 49.6 Å². The van der Waals surface area contributed by atoms with Crippen molar-refractivity contribution < 1.29 is 0 Å². The predicted octanol–water partition coefficient (Wildman–Crippen LogP) is 4.85. The second-order valence-electron chi connectivity index (χ2n) is 5.85. The Morgan fingerprint density at radius 1 is 1.22 bits per heavy atom. The van der Waals surface area contributed by atoms with Crippen LogP contribution in [0.15, 0.2) is 29.2 Å². The molecular weight excluding hydrogens is 262 g/mol. The molecule has 0 saturated heterocycles. The van der Waals surface area contributed by atoms with Gasteiger partial charge in [-0.3, -0.25) is 0 Å². The first kappa shape index (κ1) is 15.9. The highest BCUT2D eigenvalue weighted by atomic mass is 35.5. The molecule has 1 nitrogen and oxygen atoms in total. The summed E-state index contributed by atoms with van der Waals surface area (Å²) in [5, 5.41) is 4.21. The highest BCUT2D eigenvalue weighted by Crippen LogP contribution is 2.25. The first-order valence-corrected chi connectivity index (χ1v) is 7.83. The van der Waals surface area contributed by atoms with E-state index in [4.69, 9.17) is 11.6 Å². The van der Waals surface area contributed by atoms with Crippen molar-refractivity contribution in [1.29, 1.82) is 0 Å². The van der Waals surface area contributed by atoms with E-state index in [1.807, 2.05) is 23.9 Å². The van der Waals surface area contributed by atoms with E-state index >= 15 is 0 Å². The van der Waals surface area contributed by atoms with Crippen molar-refractivity contribution in [2.24, 2.45) is 5.41 Å². The molecule has 1 aromatic carbocycles. The summed E-state index contributed by atoms with van der Waals surface area (Å²) in [5.74, 6) is 1.11. The molecule has 0 aliphatic carbocycles. The zero-order chi connectivity index (χ0) is 13.6. The molecule has 18 heavy (non-hydrogen) atoms. The van der Waals surface area contributed by atoms with E-state index in [-0.39, 0.29) is 0 Å². The lowest BCUT2D eigenvalue weighted by atomic mass is 9.89. The molecule has 1 rings (SSSR count). The molecule has 1 aromatic rings. The van der Waals surface area contributed by atoms with Crippen molar-refractivity contribution in [2.75, 3.05) is 12.8 Å². The average Bonchev–Trinajstić information content (AvgIpc) is 2.30. The number of hydrogen-bond donors (Lipinski definition) is 1. The third-order valence-corrected chi connectivity index (χ3v) is 4.34. The van der Waals surface area contributed by atoms with Crippen molar-refractivity contribution in [3.8, 4) is 0 Å². The smallest absolute Gasteiger partial charge is 0.0406 e. The Morgan fingerprint density at radius 2 is 1.83 bits per heavy atom. The fraction of sp³-hybridized carbons (Fsp3) is 0.600. The van der Waals surface area contributed by atoms with Crippen LogP contribution in [-0.2, 0) is 0 Å². The van der Waals surface area contributed by atoms with Crippen LogP contribution in [0.5, 0.6) is 0 Å². The van der Waals surface area contributed by atoms with Crippen LogP contribution in [0.25, 0.3) is 0 Å². The van der Waals surface area contributed by atoms with Gasteiger partial charge in [-0.1, -0.05) is 32.4 Å². The Balaban J connectivity index is 2.37. The minimum Gasteiger partial charge on any atom is -0.316 e. The Morgan fingerprint density at radius 3 is 2.33 bits per heavy atom. The number of halogens is 1. The van der Waals surface area contributed by atoms with Crippen LogP contribution in [0.1, 0.15) is 33.6 Å². The monoisotopic (exact) mass is 285 g/mol. The van der Waals surface area contributed by atoms with Crippen LogP contribution in [0, 0.1) is 5.41 Å². The lowest BCUT2D eigenvalue weighted by molar-refractivity contribution is 0.343. The molecule has 0 aromatic heterocycles. The molecule has 0 heterocycles. The first-order chi connectivity index (χ1) is 8.40. The molecule has 0 aliphatic rings. The van der Waals surface area contributed by atoms with Gasteiger partial charge in [-0.15, -0.1) is 11.8 Å². The standard InChI is InChI=1S/C15H24ClNS/c1-15(2,3)10-9-13(17-4)11-18-14-7-5-12(16)6-8-14/h5-8,13,17H,9-11H2,1-4H3. The minimum absolute atomic E-state index is 0.417. The highest BCUT2D eigenvalue weighted by molar-refractivity contribution is 7.99.